The van der Waals surface area contributed by atoms with E-state index >= 15 is 0 Å². The second-order valence-corrected chi connectivity index (χ2v) is 6.69. The first-order valence-electron chi connectivity index (χ1n) is 8.37. The van der Waals surface area contributed by atoms with E-state index in [1.54, 1.807) is 0 Å². The molecule has 23 heavy (non-hydrogen) atoms. The number of hydrogen-bond acceptors (Lipinski definition) is 2. The highest BCUT2D eigenvalue weighted by molar-refractivity contribution is 5.81. The van der Waals surface area contributed by atoms with Crippen LogP contribution in [-0.2, 0) is 11.4 Å². The van der Waals surface area contributed by atoms with Gasteiger partial charge in [-0.2, -0.15) is 5.06 Å². The summed E-state index contributed by atoms with van der Waals surface area (Å²) in [4.78, 5) is 6.11. The average molecular weight is 304 g/mol. The number of fused-ring (bicyclic) bond motifs is 5. The molecule has 0 spiro atoms. The number of nitrogens with zero attached hydrogens (tertiary/aromatic N) is 2. The van der Waals surface area contributed by atoms with Crippen LogP contribution in [0.2, 0.25) is 0 Å². The normalized spacial score (nSPS) is 24.7. The molecule has 1 aromatic heterocycles. The third kappa shape index (κ3) is 1.90. The van der Waals surface area contributed by atoms with Crippen molar-refractivity contribution in [2.75, 3.05) is 6.61 Å². The Bertz CT molecular complexity index is 854. The van der Waals surface area contributed by atoms with Gasteiger partial charge < -0.3 is 4.57 Å². The minimum atomic E-state index is 0.260. The molecule has 1 saturated heterocycles. The van der Waals surface area contributed by atoms with Gasteiger partial charge in [0.05, 0.1) is 18.7 Å². The van der Waals surface area contributed by atoms with E-state index in [1.807, 2.05) is 0 Å². The lowest BCUT2D eigenvalue weighted by Gasteiger charge is -2.28. The molecule has 0 radical (unpaired) electrons. The van der Waals surface area contributed by atoms with Crippen molar-refractivity contribution in [1.82, 2.24) is 9.63 Å². The van der Waals surface area contributed by atoms with Crippen LogP contribution in [0.5, 0.6) is 0 Å². The number of benzene rings is 2. The largest absolute Gasteiger partial charge is 0.343 e. The maximum absolute atomic E-state index is 6.11. The molecule has 3 atom stereocenters. The van der Waals surface area contributed by atoms with Gasteiger partial charge in [0.15, 0.2) is 0 Å². The molecular weight excluding hydrogens is 284 g/mol. The predicted molar refractivity (Wildman–Crippen MR) is 90.8 cm³/mol. The first-order chi connectivity index (χ1) is 11.3. The summed E-state index contributed by atoms with van der Waals surface area (Å²) in [5.41, 5.74) is 4.06. The molecule has 0 bridgehead atoms. The highest BCUT2D eigenvalue weighted by atomic mass is 16.7. The molecule has 3 heterocycles. The van der Waals surface area contributed by atoms with E-state index in [0.717, 1.165) is 13.2 Å². The predicted octanol–water partition coefficient (Wildman–Crippen LogP) is 4.32. The van der Waals surface area contributed by atoms with Gasteiger partial charge >= 0.3 is 0 Å². The summed E-state index contributed by atoms with van der Waals surface area (Å²) in [6.07, 6.45) is 0. The van der Waals surface area contributed by atoms with E-state index in [-0.39, 0.29) is 6.04 Å². The summed E-state index contributed by atoms with van der Waals surface area (Å²) >= 11 is 0. The minimum Gasteiger partial charge on any atom is -0.343 e. The lowest BCUT2D eigenvalue weighted by molar-refractivity contribution is -0.162. The van der Waals surface area contributed by atoms with Crippen molar-refractivity contribution in [3.05, 3.63) is 71.9 Å². The van der Waals surface area contributed by atoms with Crippen LogP contribution in [0.1, 0.15) is 30.3 Å². The average Bonchev–Trinajstić information content (AvgIpc) is 3.25. The maximum Gasteiger partial charge on any atom is 0.0828 e. The van der Waals surface area contributed by atoms with Gasteiger partial charge in [-0.1, -0.05) is 48.5 Å². The summed E-state index contributed by atoms with van der Waals surface area (Å²) in [6.45, 7) is 4.12. The molecule has 3 nitrogen and oxygen atoms in total. The zero-order valence-corrected chi connectivity index (χ0v) is 13.2. The second-order valence-electron chi connectivity index (χ2n) is 6.69. The van der Waals surface area contributed by atoms with Crippen molar-refractivity contribution in [3.63, 3.8) is 0 Å². The monoisotopic (exact) mass is 304 g/mol. The molecule has 0 amide bonds. The van der Waals surface area contributed by atoms with Crippen LogP contribution in [0.15, 0.2) is 60.7 Å². The minimum absolute atomic E-state index is 0.260. The molecule has 116 valence electrons. The van der Waals surface area contributed by atoms with E-state index in [4.69, 9.17) is 4.84 Å². The van der Waals surface area contributed by atoms with Crippen LogP contribution >= 0.6 is 0 Å². The van der Waals surface area contributed by atoms with Gasteiger partial charge in [-0.15, -0.1) is 0 Å². The van der Waals surface area contributed by atoms with Crippen molar-refractivity contribution in [2.24, 2.45) is 5.92 Å². The Morgan fingerprint density at radius 3 is 2.70 bits per heavy atom. The second kappa shape index (κ2) is 4.95. The van der Waals surface area contributed by atoms with E-state index in [0.29, 0.717) is 12.0 Å². The molecule has 2 aromatic carbocycles. The topological polar surface area (TPSA) is 17.4 Å². The molecule has 5 rings (SSSR count). The van der Waals surface area contributed by atoms with Crippen LogP contribution in [0.3, 0.4) is 0 Å². The number of hydroxylamine groups is 2. The van der Waals surface area contributed by atoms with Gasteiger partial charge in [0.2, 0.25) is 0 Å². The zero-order chi connectivity index (χ0) is 15.4. The van der Waals surface area contributed by atoms with Crippen LogP contribution in [0, 0.1) is 5.92 Å². The van der Waals surface area contributed by atoms with Crippen LogP contribution in [-0.4, -0.2) is 16.2 Å². The zero-order valence-electron chi connectivity index (χ0n) is 13.2. The van der Waals surface area contributed by atoms with Gasteiger partial charge in [-0.05, 0) is 30.0 Å². The summed E-state index contributed by atoms with van der Waals surface area (Å²) in [5, 5.41) is 3.55. The van der Waals surface area contributed by atoms with Gasteiger partial charge in [0.25, 0.3) is 0 Å². The molecule has 0 unspecified atom stereocenters. The fourth-order valence-corrected chi connectivity index (χ4v) is 4.23. The van der Waals surface area contributed by atoms with Gasteiger partial charge in [-0.3, -0.25) is 4.84 Å². The van der Waals surface area contributed by atoms with E-state index in [1.165, 1.54) is 22.2 Å². The molecule has 0 N–H and O–H groups in total. The SMILES string of the molecule is C[C@H](c1ccccc1)N1OC[C@H]2Cn3c(cc4ccccc43)[C@H]21. The van der Waals surface area contributed by atoms with E-state index in [9.17, 15) is 0 Å². The van der Waals surface area contributed by atoms with E-state index in [2.05, 4.69) is 77.2 Å². The lowest BCUT2D eigenvalue weighted by Crippen LogP contribution is -2.26. The van der Waals surface area contributed by atoms with Crippen LogP contribution in [0.4, 0.5) is 0 Å². The Morgan fingerprint density at radius 2 is 1.83 bits per heavy atom. The van der Waals surface area contributed by atoms with Crippen molar-refractivity contribution in [1.29, 1.82) is 0 Å². The highest BCUT2D eigenvalue weighted by Crippen LogP contribution is 2.47. The Kier molecular flexibility index (Phi) is 2.87. The number of para-hydroxylation sites is 1. The lowest BCUT2D eigenvalue weighted by atomic mass is 9.99. The number of hydrogen-bond donors (Lipinski definition) is 0. The molecule has 3 aromatic rings. The molecule has 3 heteroatoms. The smallest absolute Gasteiger partial charge is 0.0828 e. The standard InChI is InChI=1S/C20H20N2O/c1-14(15-7-3-2-4-8-15)22-20-17(13-23-22)12-21-18-10-6-5-9-16(18)11-19(20)21/h2-11,14,17,20H,12-13H2,1H3/t14-,17-,20+/m1/s1. The quantitative estimate of drug-likeness (QED) is 0.701. The first kappa shape index (κ1) is 13.3. The van der Waals surface area contributed by atoms with E-state index < -0.39 is 0 Å². The number of aromatic nitrogens is 1. The van der Waals surface area contributed by atoms with Crippen molar-refractivity contribution in [2.45, 2.75) is 25.6 Å². The molecular formula is C20H20N2O. The summed E-state index contributed by atoms with van der Waals surface area (Å²) in [5.74, 6) is 0.556. The van der Waals surface area contributed by atoms with Gasteiger partial charge in [0.1, 0.15) is 0 Å². The maximum atomic E-state index is 6.11. The van der Waals surface area contributed by atoms with Crippen LogP contribution < -0.4 is 0 Å². The summed E-state index contributed by atoms with van der Waals surface area (Å²) < 4.78 is 2.48. The fourth-order valence-electron chi connectivity index (χ4n) is 4.23. The summed E-state index contributed by atoms with van der Waals surface area (Å²) in [6, 6.07) is 22.3. The van der Waals surface area contributed by atoms with Crippen molar-refractivity contribution >= 4 is 10.9 Å². The fraction of sp³-hybridized carbons (Fsp3) is 0.300. The third-order valence-electron chi connectivity index (χ3n) is 5.38. The number of rotatable bonds is 2. The first-order valence-corrected chi connectivity index (χ1v) is 8.37. The summed E-state index contributed by atoms with van der Waals surface area (Å²) in [7, 11) is 0. The Balaban J connectivity index is 1.56. The highest BCUT2D eigenvalue weighted by Gasteiger charge is 2.45. The Labute approximate surface area is 136 Å². The molecule has 1 fully saturated rings. The van der Waals surface area contributed by atoms with Crippen molar-refractivity contribution in [3.8, 4) is 0 Å². The van der Waals surface area contributed by atoms with Gasteiger partial charge in [0, 0.05) is 23.7 Å². The van der Waals surface area contributed by atoms with Crippen LogP contribution in [0.25, 0.3) is 10.9 Å². The molecule has 2 aliphatic heterocycles. The van der Waals surface area contributed by atoms with Gasteiger partial charge in [-0.25, -0.2) is 0 Å². The molecule has 0 saturated carbocycles. The Morgan fingerprint density at radius 1 is 1.04 bits per heavy atom. The van der Waals surface area contributed by atoms with Crippen molar-refractivity contribution < 1.29 is 4.84 Å². The Hall–Kier alpha value is -2.10. The molecule has 2 aliphatic rings. The third-order valence-corrected chi connectivity index (χ3v) is 5.38. The molecule has 0 aliphatic carbocycles.